The molecule has 1 atom stereocenters. The van der Waals surface area contributed by atoms with Crippen molar-refractivity contribution in [1.82, 2.24) is 20.0 Å². The highest BCUT2D eigenvalue weighted by molar-refractivity contribution is 5.94. The molecule has 0 radical (unpaired) electrons. The number of aryl methyl sites for hydroxylation is 1. The molecule has 2 aromatic rings. The van der Waals surface area contributed by atoms with Crippen molar-refractivity contribution < 1.29 is 14.3 Å². The van der Waals surface area contributed by atoms with Crippen LogP contribution in [0.25, 0.3) is 0 Å². The highest BCUT2D eigenvalue weighted by Gasteiger charge is 2.28. The number of fused-ring (bicyclic) bond motifs is 4. The summed E-state index contributed by atoms with van der Waals surface area (Å²) >= 11 is 0. The Kier molecular flexibility index (Phi) is 6.74. The summed E-state index contributed by atoms with van der Waals surface area (Å²) in [4.78, 5) is 18.1. The number of aromatic nitrogens is 2. The number of benzene rings is 1. The predicted octanol–water partition coefficient (Wildman–Crippen LogP) is 3.19. The minimum atomic E-state index is 0.00986. The molecule has 1 aromatic carbocycles. The Labute approximate surface area is 190 Å². The van der Waals surface area contributed by atoms with E-state index in [9.17, 15) is 4.79 Å². The van der Waals surface area contributed by atoms with Gasteiger partial charge in [0.2, 0.25) is 0 Å². The van der Waals surface area contributed by atoms with Gasteiger partial charge in [0.1, 0.15) is 5.75 Å². The van der Waals surface area contributed by atoms with E-state index in [0.717, 1.165) is 62.3 Å². The molecule has 7 heteroatoms. The molecule has 1 N–H and O–H groups in total. The molecule has 4 heterocycles. The van der Waals surface area contributed by atoms with Crippen LogP contribution < -0.4 is 4.74 Å². The first-order valence-corrected chi connectivity index (χ1v) is 12.2. The first-order chi connectivity index (χ1) is 15.8. The van der Waals surface area contributed by atoms with E-state index in [1.165, 1.54) is 24.8 Å². The average molecular weight is 439 g/mol. The fourth-order valence-corrected chi connectivity index (χ4v) is 5.25. The third-order valence-corrected chi connectivity index (χ3v) is 7.10. The van der Waals surface area contributed by atoms with Crippen LogP contribution in [0.3, 0.4) is 0 Å². The largest absolute Gasteiger partial charge is 0.494 e. The summed E-state index contributed by atoms with van der Waals surface area (Å²) in [5.41, 5.74) is 3.86. The van der Waals surface area contributed by atoms with Gasteiger partial charge in [0.25, 0.3) is 5.91 Å². The lowest BCUT2D eigenvalue weighted by Gasteiger charge is -2.37. The zero-order valence-corrected chi connectivity index (χ0v) is 18.9. The van der Waals surface area contributed by atoms with Gasteiger partial charge in [-0.05, 0) is 56.3 Å². The highest BCUT2D eigenvalue weighted by Crippen LogP contribution is 2.24. The van der Waals surface area contributed by atoms with Crippen LogP contribution in [0.15, 0.2) is 24.3 Å². The normalized spacial score (nSPS) is 22.9. The molecule has 2 bridgehead atoms. The summed E-state index contributed by atoms with van der Waals surface area (Å²) in [7, 11) is 0. The molecular formula is C25H34N4O3. The maximum absolute atomic E-state index is 13.5. The van der Waals surface area contributed by atoms with Crippen molar-refractivity contribution in [2.75, 3.05) is 39.4 Å². The minimum Gasteiger partial charge on any atom is -0.494 e. The van der Waals surface area contributed by atoms with Crippen molar-refractivity contribution in [2.24, 2.45) is 0 Å². The maximum Gasteiger partial charge on any atom is 0.274 e. The zero-order valence-electron chi connectivity index (χ0n) is 18.9. The lowest BCUT2D eigenvalue weighted by atomic mass is 9.95. The Hall–Kier alpha value is -2.38. The Morgan fingerprint density at radius 1 is 1.03 bits per heavy atom. The Morgan fingerprint density at radius 2 is 2.00 bits per heavy atom. The van der Waals surface area contributed by atoms with Crippen molar-refractivity contribution in [2.45, 2.75) is 57.6 Å². The summed E-state index contributed by atoms with van der Waals surface area (Å²) in [5, 5.41) is 7.45. The summed E-state index contributed by atoms with van der Waals surface area (Å²) in [6.45, 7) is 5.18. The van der Waals surface area contributed by atoms with Crippen LogP contribution in [0.1, 0.15) is 59.4 Å². The Balaban J connectivity index is 1.35. The molecule has 0 spiro atoms. The zero-order chi connectivity index (χ0) is 21.8. The molecule has 1 unspecified atom stereocenters. The molecule has 1 amide bonds. The number of hydrogen-bond acceptors (Lipinski definition) is 5. The molecule has 3 aliphatic rings. The number of aromatic amines is 1. The molecule has 7 nitrogen and oxygen atoms in total. The van der Waals surface area contributed by atoms with Crippen LogP contribution in [0.2, 0.25) is 0 Å². The van der Waals surface area contributed by atoms with E-state index in [2.05, 4.69) is 33.3 Å². The van der Waals surface area contributed by atoms with Gasteiger partial charge >= 0.3 is 0 Å². The lowest BCUT2D eigenvalue weighted by Crippen LogP contribution is -2.46. The lowest BCUT2D eigenvalue weighted by molar-refractivity contribution is 0.0666. The Bertz CT molecular complexity index is 928. The minimum absolute atomic E-state index is 0.00986. The monoisotopic (exact) mass is 438 g/mol. The van der Waals surface area contributed by atoms with Crippen LogP contribution in [0.4, 0.5) is 0 Å². The number of rotatable bonds is 1. The molecule has 0 aliphatic carbocycles. The number of piperidine rings is 1. The van der Waals surface area contributed by atoms with E-state index in [1.807, 2.05) is 11.0 Å². The molecule has 1 saturated heterocycles. The molecule has 172 valence electrons. The third-order valence-electron chi connectivity index (χ3n) is 7.10. The van der Waals surface area contributed by atoms with Gasteiger partial charge in [-0.1, -0.05) is 18.6 Å². The number of amides is 1. The predicted molar refractivity (Wildman–Crippen MR) is 122 cm³/mol. The first-order valence-electron chi connectivity index (χ1n) is 12.2. The molecule has 3 aliphatic heterocycles. The second-order valence-electron chi connectivity index (χ2n) is 9.20. The van der Waals surface area contributed by atoms with Crippen molar-refractivity contribution >= 4 is 5.91 Å². The summed E-state index contributed by atoms with van der Waals surface area (Å²) in [6.07, 6.45) is 7.60. The molecule has 5 rings (SSSR count). The van der Waals surface area contributed by atoms with E-state index in [4.69, 9.17) is 9.47 Å². The molecule has 0 saturated carbocycles. The number of nitrogens with one attached hydrogen (secondary N) is 1. The standard InChI is InChI=1S/C25H34N4O3/c30-25(24-22-18-31-16-10-23(22)26-27-24)29-12-4-15-32-21-7-3-5-19(17-21)8-9-20-6-1-2-11-28(20)13-14-29/h3,5,7,17,20H,1-2,4,6,8-16,18H2,(H,26,27). The van der Waals surface area contributed by atoms with Gasteiger partial charge in [-0.2, -0.15) is 5.10 Å². The van der Waals surface area contributed by atoms with Gasteiger partial charge in [-0.15, -0.1) is 0 Å². The second-order valence-corrected chi connectivity index (χ2v) is 9.20. The van der Waals surface area contributed by atoms with Crippen LogP contribution in [0, 0.1) is 0 Å². The van der Waals surface area contributed by atoms with Crippen LogP contribution in [0.5, 0.6) is 5.75 Å². The van der Waals surface area contributed by atoms with E-state index in [0.29, 0.717) is 38.1 Å². The summed E-state index contributed by atoms with van der Waals surface area (Å²) in [6, 6.07) is 9.09. The van der Waals surface area contributed by atoms with Crippen LogP contribution >= 0.6 is 0 Å². The van der Waals surface area contributed by atoms with Crippen molar-refractivity contribution in [3.63, 3.8) is 0 Å². The number of carbonyl (C=O) groups is 1. The smallest absolute Gasteiger partial charge is 0.274 e. The SMILES string of the molecule is O=C(c1n[nH]c2c1COCC2)N1CCCOc2cccc(c2)CCC2CCCCN2CC1. The Morgan fingerprint density at radius 3 is 2.97 bits per heavy atom. The van der Waals surface area contributed by atoms with Crippen molar-refractivity contribution in [3.05, 3.63) is 46.8 Å². The summed E-state index contributed by atoms with van der Waals surface area (Å²) < 4.78 is 11.6. The van der Waals surface area contributed by atoms with Gasteiger partial charge in [0.15, 0.2) is 5.69 Å². The number of nitrogens with zero attached hydrogens (tertiary/aromatic N) is 3. The second kappa shape index (κ2) is 10.0. The van der Waals surface area contributed by atoms with Gasteiger partial charge in [-0.3, -0.25) is 14.8 Å². The topological polar surface area (TPSA) is 70.7 Å². The average Bonchev–Trinajstić information content (AvgIpc) is 3.26. The maximum atomic E-state index is 13.5. The molecule has 1 fully saturated rings. The summed E-state index contributed by atoms with van der Waals surface area (Å²) in [5.74, 6) is 0.937. The number of H-pyrrole nitrogens is 1. The molecule has 32 heavy (non-hydrogen) atoms. The quantitative estimate of drug-likeness (QED) is 0.741. The highest BCUT2D eigenvalue weighted by atomic mass is 16.5. The van der Waals surface area contributed by atoms with Crippen molar-refractivity contribution in [1.29, 1.82) is 0 Å². The van der Waals surface area contributed by atoms with Crippen LogP contribution in [-0.2, 0) is 24.2 Å². The van der Waals surface area contributed by atoms with Crippen molar-refractivity contribution in [3.8, 4) is 5.75 Å². The van der Waals surface area contributed by atoms with E-state index >= 15 is 0 Å². The molecule has 1 aromatic heterocycles. The van der Waals surface area contributed by atoms with Gasteiger partial charge < -0.3 is 14.4 Å². The first kappa shape index (κ1) is 21.5. The third kappa shape index (κ3) is 4.84. The van der Waals surface area contributed by atoms with E-state index < -0.39 is 0 Å². The van der Waals surface area contributed by atoms with E-state index in [1.54, 1.807) is 0 Å². The van der Waals surface area contributed by atoms with Gasteiger partial charge in [0, 0.05) is 43.4 Å². The van der Waals surface area contributed by atoms with E-state index in [-0.39, 0.29) is 5.91 Å². The number of ether oxygens (including phenoxy) is 2. The van der Waals surface area contributed by atoms with Gasteiger partial charge in [-0.25, -0.2) is 0 Å². The van der Waals surface area contributed by atoms with Crippen LogP contribution in [-0.4, -0.2) is 71.3 Å². The fraction of sp³-hybridized carbons (Fsp3) is 0.600. The fourth-order valence-electron chi connectivity index (χ4n) is 5.25. The van der Waals surface area contributed by atoms with Gasteiger partial charge in [0.05, 0.1) is 19.8 Å². The number of hydrogen-bond donors (Lipinski definition) is 1. The molecular weight excluding hydrogens is 404 g/mol. The number of carbonyl (C=O) groups excluding carboxylic acids is 1.